The quantitative estimate of drug-likeness (QED) is 0.527. The van der Waals surface area contributed by atoms with Crippen LogP contribution < -0.4 is 5.32 Å². The van der Waals surface area contributed by atoms with E-state index in [2.05, 4.69) is 15.5 Å². The number of hydrogen-bond acceptors (Lipinski definition) is 5. The molecule has 2 aromatic carbocycles. The Morgan fingerprint density at radius 3 is 2.64 bits per heavy atom. The number of aromatic nitrogens is 2. The van der Waals surface area contributed by atoms with E-state index in [1.54, 1.807) is 41.7 Å². The third-order valence-corrected chi connectivity index (χ3v) is 5.11. The van der Waals surface area contributed by atoms with Gasteiger partial charge in [0.25, 0.3) is 11.8 Å². The predicted molar refractivity (Wildman–Crippen MR) is 105 cm³/mol. The molecule has 0 unspecified atom stereocenters. The Labute approximate surface area is 164 Å². The van der Waals surface area contributed by atoms with Gasteiger partial charge in [-0.25, -0.2) is 4.39 Å². The average molecular weight is 393 g/mol. The van der Waals surface area contributed by atoms with Gasteiger partial charge in [-0.1, -0.05) is 24.3 Å². The van der Waals surface area contributed by atoms with Crippen molar-refractivity contribution in [3.05, 3.63) is 82.8 Å². The van der Waals surface area contributed by atoms with Crippen LogP contribution in [0.25, 0.3) is 21.9 Å². The fraction of sp³-hybridized carbons (Fsp3) is 0.0952. The van der Waals surface area contributed by atoms with Gasteiger partial charge in [0.15, 0.2) is 0 Å². The fourth-order valence-corrected chi connectivity index (χ4v) is 3.50. The minimum atomic E-state index is -0.297. The first-order chi connectivity index (χ1) is 13.6. The Kier molecular flexibility index (Phi) is 4.99. The van der Waals surface area contributed by atoms with Gasteiger partial charge in [0.05, 0.1) is 11.4 Å². The molecule has 2 heterocycles. The molecule has 28 heavy (non-hydrogen) atoms. The van der Waals surface area contributed by atoms with Crippen LogP contribution >= 0.6 is 11.3 Å². The zero-order valence-electron chi connectivity index (χ0n) is 15.0. The van der Waals surface area contributed by atoms with Crippen molar-refractivity contribution < 1.29 is 13.6 Å². The van der Waals surface area contributed by atoms with E-state index >= 15 is 0 Å². The van der Waals surface area contributed by atoms with Gasteiger partial charge >= 0.3 is 0 Å². The normalized spacial score (nSPS) is 10.8. The summed E-state index contributed by atoms with van der Waals surface area (Å²) in [4.78, 5) is 14.5. The molecule has 1 amide bonds. The first kappa shape index (κ1) is 18.1. The molecule has 0 aliphatic heterocycles. The zero-order chi connectivity index (χ0) is 19.5. The Morgan fingerprint density at radius 1 is 1.07 bits per heavy atom. The number of hydrogen-bond donors (Lipinski definition) is 1. The van der Waals surface area contributed by atoms with Crippen LogP contribution in [0.3, 0.4) is 0 Å². The van der Waals surface area contributed by atoms with Crippen molar-refractivity contribution in [2.24, 2.45) is 0 Å². The summed E-state index contributed by atoms with van der Waals surface area (Å²) < 4.78 is 18.7. The second kappa shape index (κ2) is 7.74. The van der Waals surface area contributed by atoms with E-state index in [1.165, 1.54) is 12.1 Å². The van der Waals surface area contributed by atoms with Gasteiger partial charge in [-0.2, -0.15) is 0 Å². The smallest absolute Gasteiger partial charge is 0.257 e. The average Bonchev–Trinajstić information content (AvgIpc) is 3.35. The minimum Gasteiger partial charge on any atom is -0.418 e. The first-order valence-corrected chi connectivity index (χ1v) is 9.43. The molecule has 7 heteroatoms. The van der Waals surface area contributed by atoms with Crippen LogP contribution in [0, 0.1) is 12.7 Å². The summed E-state index contributed by atoms with van der Waals surface area (Å²) in [5.74, 6) is 0.231. The number of carbonyl (C=O) groups excluding carboxylic acids is 1. The lowest BCUT2D eigenvalue weighted by molar-refractivity contribution is 0.0947. The van der Waals surface area contributed by atoms with Gasteiger partial charge in [-0.05, 0) is 54.4 Å². The monoisotopic (exact) mass is 393 g/mol. The van der Waals surface area contributed by atoms with E-state index in [-0.39, 0.29) is 18.3 Å². The van der Waals surface area contributed by atoms with Crippen LogP contribution in [-0.4, -0.2) is 16.1 Å². The highest BCUT2D eigenvalue weighted by molar-refractivity contribution is 7.15. The van der Waals surface area contributed by atoms with Crippen LogP contribution in [0.5, 0.6) is 0 Å². The van der Waals surface area contributed by atoms with Crippen molar-refractivity contribution in [3.8, 4) is 21.9 Å². The summed E-state index contributed by atoms with van der Waals surface area (Å²) in [7, 11) is 0. The van der Waals surface area contributed by atoms with Crippen molar-refractivity contribution in [1.82, 2.24) is 15.5 Å². The number of carbonyl (C=O) groups is 1. The number of aryl methyl sites for hydroxylation is 1. The van der Waals surface area contributed by atoms with Crippen molar-refractivity contribution in [1.29, 1.82) is 0 Å². The standard InChI is InChI=1S/C21H16FN3O2S/c1-13-5-10-18(28-13)21-25-24-19(27-21)12-23-20(26)16-4-2-3-15(11-16)14-6-8-17(22)9-7-14/h2-11H,12H2,1H3,(H,23,26). The van der Waals surface area contributed by atoms with Gasteiger partial charge in [-0.3, -0.25) is 4.79 Å². The highest BCUT2D eigenvalue weighted by Gasteiger charge is 2.12. The van der Waals surface area contributed by atoms with Gasteiger partial charge in [0, 0.05) is 10.4 Å². The van der Waals surface area contributed by atoms with E-state index in [0.29, 0.717) is 17.3 Å². The lowest BCUT2D eigenvalue weighted by atomic mass is 10.0. The number of rotatable bonds is 5. The molecular weight excluding hydrogens is 377 g/mol. The summed E-state index contributed by atoms with van der Waals surface area (Å²) in [5, 5.41) is 10.8. The van der Waals surface area contributed by atoms with Crippen LogP contribution in [0.1, 0.15) is 21.1 Å². The van der Waals surface area contributed by atoms with Crippen molar-refractivity contribution in [2.45, 2.75) is 13.5 Å². The van der Waals surface area contributed by atoms with Gasteiger partial charge < -0.3 is 9.73 Å². The van der Waals surface area contributed by atoms with E-state index in [0.717, 1.165) is 20.9 Å². The van der Waals surface area contributed by atoms with Crippen molar-refractivity contribution in [3.63, 3.8) is 0 Å². The topological polar surface area (TPSA) is 68.0 Å². The zero-order valence-corrected chi connectivity index (χ0v) is 15.8. The molecule has 140 valence electrons. The van der Waals surface area contributed by atoms with E-state index in [1.807, 2.05) is 25.1 Å². The molecule has 4 aromatic rings. The third-order valence-electron chi connectivity index (χ3n) is 4.12. The van der Waals surface area contributed by atoms with Crippen molar-refractivity contribution >= 4 is 17.2 Å². The first-order valence-electron chi connectivity index (χ1n) is 8.62. The summed E-state index contributed by atoms with van der Waals surface area (Å²) in [6.07, 6.45) is 0. The second-order valence-corrected chi connectivity index (χ2v) is 7.47. The molecule has 2 aromatic heterocycles. The number of nitrogens with one attached hydrogen (secondary N) is 1. The molecule has 5 nitrogen and oxygen atoms in total. The summed E-state index contributed by atoms with van der Waals surface area (Å²) in [6, 6.07) is 17.2. The molecule has 0 saturated heterocycles. The SMILES string of the molecule is Cc1ccc(-c2nnc(CNC(=O)c3cccc(-c4ccc(F)cc4)c3)o2)s1. The van der Waals surface area contributed by atoms with Gasteiger partial charge in [-0.15, -0.1) is 21.5 Å². The Balaban J connectivity index is 1.43. The summed E-state index contributed by atoms with van der Waals surface area (Å²) in [5.41, 5.74) is 2.17. The van der Waals surface area contributed by atoms with Crippen LogP contribution in [0.4, 0.5) is 4.39 Å². The molecule has 0 saturated carbocycles. The molecule has 0 bridgehead atoms. The Bertz CT molecular complexity index is 1120. The summed E-state index contributed by atoms with van der Waals surface area (Å²) in [6.45, 7) is 2.14. The number of benzene rings is 2. The van der Waals surface area contributed by atoms with Crippen LogP contribution in [-0.2, 0) is 6.54 Å². The largest absolute Gasteiger partial charge is 0.418 e. The van der Waals surface area contributed by atoms with Gasteiger partial charge in [0.2, 0.25) is 5.89 Å². The van der Waals surface area contributed by atoms with E-state index < -0.39 is 0 Å². The summed E-state index contributed by atoms with van der Waals surface area (Å²) >= 11 is 1.57. The number of amides is 1. The highest BCUT2D eigenvalue weighted by atomic mass is 32.1. The number of halogens is 1. The maximum Gasteiger partial charge on any atom is 0.257 e. The molecule has 4 rings (SSSR count). The minimum absolute atomic E-state index is 0.136. The molecule has 0 atom stereocenters. The molecule has 0 spiro atoms. The Morgan fingerprint density at radius 2 is 1.89 bits per heavy atom. The third kappa shape index (κ3) is 3.99. The van der Waals surface area contributed by atoms with Gasteiger partial charge in [0.1, 0.15) is 5.82 Å². The molecular formula is C21H16FN3O2S. The molecule has 1 N–H and O–H groups in total. The second-order valence-electron chi connectivity index (χ2n) is 6.18. The molecule has 0 aliphatic rings. The lowest BCUT2D eigenvalue weighted by Gasteiger charge is -2.06. The fourth-order valence-electron chi connectivity index (χ4n) is 2.71. The molecule has 0 aliphatic carbocycles. The van der Waals surface area contributed by atoms with E-state index in [4.69, 9.17) is 4.42 Å². The highest BCUT2D eigenvalue weighted by Crippen LogP contribution is 2.26. The molecule has 0 fully saturated rings. The molecule has 0 radical (unpaired) electrons. The Hall–Kier alpha value is -3.32. The maximum atomic E-state index is 13.1. The van der Waals surface area contributed by atoms with Crippen LogP contribution in [0.15, 0.2) is 65.1 Å². The van der Waals surface area contributed by atoms with Crippen LogP contribution in [0.2, 0.25) is 0 Å². The predicted octanol–water partition coefficient (Wildman–Crippen LogP) is 4.84. The lowest BCUT2D eigenvalue weighted by Crippen LogP contribution is -2.22. The maximum absolute atomic E-state index is 13.1. The van der Waals surface area contributed by atoms with Crippen molar-refractivity contribution in [2.75, 3.05) is 0 Å². The number of thiophene rings is 1. The van der Waals surface area contributed by atoms with E-state index in [9.17, 15) is 9.18 Å². The number of nitrogens with zero attached hydrogens (tertiary/aromatic N) is 2.